The van der Waals surface area contributed by atoms with E-state index in [1.54, 1.807) is 6.07 Å². The first-order valence-corrected chi connectivity index (χ1v) is 16.4. The number of H-pyrrole nitrogens is 1. The summed E-state index contributed by atoms with van der Waals surface area (Å²) in [5, 5.41) is 22.7. The van der Waals surface area contributed by atoms with Crippen LogP contribution in [0.4, 0.5) is 5.95 Å². The van der Waals surface area contributed by atoms with Crippen LogP contribution in [0.5, 0.6) is 0 Å². The second kappa shape index (κ2) is 11.1. The number of nitrogens with one attached hydrogen (secondary N) is 1. The fraction of sp³-hybridized carbons (Fsp3) is 0.476. The van der Waals surface area contributed by atoms with Crippen LogP contribution in [-0.2, 0) is 36.7 Å². The number of aromatic amines is 1. The highest BCUT2D eigenvalue weighted by Crippen LogP contribution is 2.53. The summed E-state index contributed by atoms with van der Waals surface area (Å²) in [4.78, 5) is 51.8. The maximum atomic E-state index is 13.2. The summed E-state index contributed by atoms with van der Waals surface area (Å²) in [6.45, 7) is -1.62. The summed E-state index contributed by atoms with van der Waals surface area (Å²) in [5.41, 5.74) is 4.91. The Bertz CT molecular complexity index is 1940. The Hall–Kier alpha value is -2.88. The summed E-state index contributed by atoms with van der Waals surface area (Å²) in [7, 11) is -10.2. The minimum atomic E-state index is -5.10. The molecule has 2 bridgehead atoms. The van der Waals surface area contributed by atoms with E-state index in [0.717, 1.165) is 10.9 Å². The molecule has 0 spiro atoms. The van der Waals surface area contributed by atoms with Crippen LogP contribution in [0.3, 0.4) is 0 Å². The molecule has 45 heavy (non-hydrogen) atoms. The van der Waals surface area contributed by atoms with Crippen molar-refractivity contribution in [3.63, 3.8) is 0 Å². The number of nitrogens with two attached hydrogens (primary N) is 1. The van der Waals surface area contributed by atoms with Crippen molar-refractivity contribution in [3.05, 3.63) is 40.4 Å². The van der Waals surface area contributed by atoms with Crippen molar-refractivity contribution in [3.8, 4) is 0 Å². The lowest BCUT2D eigenvalue weighted by atomic mass is 10.1. The number of hydrogen-bond acceptors (Lipinski definition) is 16. The molecule has 10 atom stereocenters. The number of anilines is 1. The Balaban J connectivity index is 1.21. The number of aliphatic hydroxyl groups excluding tert-OH is 2. The smallest absolute Gasteiger partial charge is 0.387 e. The van der Waals surface area contributed by atoms with Crippen LogP contribution in [0.1, 0.15) is 12.5 Å². The molecule has 7 N–H and O–H groups in total. The quantitative estimate of drug-likeness (QED) is 0.112. The highest BCUT2D eigenvalue weighted by atomic mass is 35.5. The molecule has 4 aromatic rings. The van der Waals surface area contributed by atoms with E-state index in [4.69, 9.17) is 44.9 Å². The lowest BCUT2D eigenvalue weighted by Gasteiger charge is -2.25. The van der Waals surface area contributed by atoms with Crippen molar-refractivity contribution in [2.75, 3.05) is 18.9 Å². The molecule has 242 valence electrons. The number of nitrogen functional groups attached to an aromatic ring is 1. The molecular weight excluding hydrogens is 670 g/mol. The van der Waals surface area contributed by atoms with Crippen LogP contribution in [0.15, 0.2) is 29.7 Å². The molecule has 7 heterocycles. The van der Waals surface area contributed by atoms with Gasteiger partial charge in [0.25, 0.3) is 5.56 Å². The predicted octanol–water partition coefficient (Wildman–Crippen LogP) is -0.665. The largest absolute Gasteiger partial charge is 0.472 e. The standard InChI is InChI=1S/C21H23ClN8O13P2/c22-15-7-1-2-29(16(7)25-5-24-15)19-12(32)13-9(41-19)4-39-45(36,37)43-14-11(31)8(3-38-44(34,35)42-13)40-20(14)30-6-26-10-17(30)27-21(23)28-18(10)33/h1-2,5-6,8-9,11-14,19-20,31-32H,3-4H2,(H,34,35)(H,36,37)(H3,23,27,28,33)/t8-,9-,11-,12-,13-,14-,19-,20-/m1/s1. The number of ether oxygens (including phenoxy) is 2. The van der Waals surface area contributed by atoms with Crippen molar-refractivity contribution in [2.24, 2.45) is 0 Å². The van der Waals surface area contributed by atoms with E-state index < -0.39 is 83.5 Å². The molecule has 3 saturated heterocycles. The van der Waals surface area contributed by atoms with Gasteiger partial charge in [-0.15, -0.1) is 0 Å². The van der Waals surface area contributed by atoms with E-state index in [-0.39, 0.29) is 27.9 Å². The lowest BCUT2D eigenvalue weighted by molar-refractivity contribution is -0.0671. The summed E-state index contributed by atoms with van der Waals surface area (Å²) in [6.07, 6.45) is -8.75. The normalized spacial score (nSPS) is 37.7. The van der Waals surface area contributed by atoms with Crippen LogP contribution in [0, 0.1) is 0 Å². The average molecular weight is 693 g/mol. The van der Waals surface area contributed by atoms with Crippen molar-refractivity contribution >= 4 is 55.4 Å². The molecule has 4 aromatic heterocycles. The van der Waals surface area contributed by atoms with Crippen LogP contribution < -0.4 is 11.3 Å². The fourth-order valence-corrected chi connectivity index (χ4v) is 7.47. The van der Waals surface area contributed by atoms with Gasteiger partial charge in [-0.3, -0.25) is 32.4 Å². The van der Waals surface area contributed by atoms with Gasteiger partial charge in [-0.1, -0.05) is 11.6 Å². The maximum absolute atomic E-state index is 13.2. The number of phosphoric acid groups is 2. The molecule has 2 unspecified atom stereocenters. The summed E-state index contributed by atoms with van der Waals surface area (Å²) < 4.78 is 61.3. The minimum Gasteiger partial charge on any atom is -0.387 e. The molecule has 24 heteroatoms. The molecule has 21 nitrogen and oxygen atoms in total. The lowest BCUT2D eigenvalue weighted by Crippen LogP contribution is -2.36. The molecule has 3 aliphatic heterocycles. The van der Waals surface area contributed by atoms with E-state index in [2.05, 4.69) is 24.9 Å². The van der Waals surface area contributed by atoms with Gasteiger partial charge in [0.2, 0.25) is 5.95 Å². The minimum absolute atomic E-state index is 0.118. The van der Waals surface area contributed by atoms with Crippen LogP contribution >= 0.6 is 27.2 Å². The van der Waals surface area contributed by atoms with Crippen molar-refractivity contribution in [1.29, 1.82) is 0 Å². The van der Waals surface area contributed by atoms with Gasteiger partial charge in [0.1, 0.15) is 53.8 Å². The molecule has 3 aliphatic rings. The number of fused-ring (bicyclic) bond motifs is 5. The topological polar surface area (TPSA) is 291 Å². The summed E-state index contributed by atoms with van der Waals surface area (Å²) in [6, 6.07) is 1.55. The Morgan fingerprint density at radius 2 is 1.62 bits per heavy atom. The van der Waals surface area contributed by atoms with Crippen LogP contribution in [0.2, 0.25) is 5.15 Å². The van der Waals surface area contributed by atoms with Gasteiger partial charge in [-0.05, 0) is 6.07 Å². The third kappa shape index (κ3) is 5.48. The molecule has 0 radical (unpaired) electrons. The number of halogens is 1. The SMILES string of the molecule is Nc1nc2c(ncn2[C@@H]2O[C@@H]3COP(=O)(O)O[C@H]4[C@@H](O)[C@H](n5ccc6c(Cl)ncnc65)O[C@@H]4COP(=O)(O)O[C@@H]2[C@@H]3O)c(=O)[nH]1. The van der Waals surface area contributed by atoms with Gasteiger partial charge in [0.15, 0.2) is 23.6 Å². The zero-order chi connectivity index (χ0) is 31.8. The zero-order valence-electron chi connectivity index (χ0n) is 22.3. The molecule has 3 fully saturated rings. The second-order valence-electron chi connectivity index (χ2n) is 10.2. The van der Waals surface area contributed by atoms with E-state index >= 15 is 0 Å². The molecule has 0 aromatic carbocycles. The zero-order valence-corrected chi connectivity index (χ0v) is 24.9. The molecule has 0 aliphatic carbocycles. The second-order valence-corrected chi connectivity index (χ2v) is 13.4. The summed E-state index contributed by atoms with van der Waals surface area (Å²) in [5.74, 6) is -0.281. The average Bonchev–Trinajstić information content (AvgIpc) is 3.72. The van der Waals surface area contributed by atoms with Crippen LogP contribution in [-0.4, -0.2) is 104 Å². The third-order valence-electron chi connectivity index (χ3n) is 7.40. The number of imidazole rings is 1. The van der Waals surface area contributed by atoms with Gasteiger partial charge in [-0.2, -0.15) is 4.98 Å². The monoisotopic (exact) mass is 692 g/mol. The molecule has 0 saturated carbocycles. The maximum Gasteiger partial charge on any atom is 0.472 e. The van der Waals surface area contributed by atoms with Crippen molar-refractivity contribution in [1.82, 2.24) is 34.1 Å². The van der Waals surface area contributed by atoms with Gasteiger partial charge >= 0.3 is 15.6 Å². The third-order valence-corrected chi connectivity index (χ3v) is 9.67. The molecule has 0 amide bonds. The van der Waals surface area contributed by atoms with E-state index in [0.29, 0.717) is 5.39 Å². The van der Waals surface area contributed by atoms with Gasteiger partial charge < -0.3 is 39.8 Å². The van der Waals surface area contributed by atoms with Gasteiger partial charge in [0.05, 0.1) is 24.9 Å². The Kier molecular flexibility index (Phi) is 7.61. The van der Waals surface area contributed by atoms with Gasteiger partial charge in [0, 0.05) is 6.20 Å². The first-order chi connectivity index (χ1) is 21.3. The number of rotatable bonds is 2. The Morgan fingerprint density at radius 1 is 0.933 bits per heavy atom. The van der Waals surface area contributed by atoms with E-state index in [1.807, 2.05) is 0 Å². The van der Waals surface area contributed by atoms with Crippen molar-refractivity contribution < 1.29 is 56.7 Å². The highest BCUT2D eigenvalue weighted by Gasteiger charge is 2.53. The van der Waals surface area contributed by atoms with E-state index in [9.17, 15) is 33.9 Å². The number of aliphatic hydroxyl groups is 2. The van der Waals surface area contributed by atoms with E-state index in [1.165, 1.54) is 17.1 Å². The van der Waals surface area contributed by atoms with Gasteiger partial charge in [-0.25, -0.2) is 24.1 Å². The van der Waals surface area contributed by atoms with Crippen molar-refractivity contribution in [2.45, 2.75) is 49.1 Å². The predicted molar refractivity (Wildman–Crippen MR) is 146 cm³/mol. The highest BCUT2D eigenvalue weighted by molar-refractivity contribution is 7.47. The first-order valence-electron chi connectivity index (χ1n) is 13.0. The fourth-order valence-electron chi connectivity index (χ4n) is 5.39. The number of nitrogens with zero attached hydrogens (tertiary/aromatic N) is 6. The number of aromatic nitrogens is 7. The van der Waals surface area contributed by atoms with Crippen LogP contribution in [0.25, 0.3) is 22.2 Å². The number of phosphoric ester groups is 2. The molecule has 7 rings (SSSR count). The summed E-state index contributed by atoms with van der Waals surface area (Å²) >= 11 is 6.12. The Labute approximate surface area is 254 Å². The number of hydrogen-bond donors (Lipinski definition) is 6. The molecular formula is C21H23ClN8O13P2. The Morgan fingerprint density at radius 3 is 2.38 bits per heavy atom. The first kappa shape index (κ1) is 30.8.